The van der Waals surface area contributed by atoms with E-state index in [9.17, 15) is 4.79 Å². The molecule has 6 heteroatoms. The molecule has 0 saturated heterocycles. The Hall–Kier alpha value is -2.76. The number of hydrogen-bond acceptors (Lipinski definition) is 5. The van der Waals surface area contributed by atoms with Crippen LogP contribution >= 0.6 is 0 Å². The van der Waals surface area contributed by atoms with Crippen LogP contribution in [0.5, 0.6) is 17.4 Å². The van der Waals surface area contributed by atoms with Gasteiger partial charge in [0, 0.05) is 18.3 Å². The molecule has 1 amide bonds. The van der Waals surface area contributed by atoms with E-state index in [0.717, 1.165) is 5.56 Å². The van der Waals surface area contributed by atoms with Crippen LogP contribution in [0.4, 0.5) is 0 Å². The maximum atomic E-state index is 12.3. The highest BCUT2D eigenvalue weighted by atomic mass is 16.6. The number of pyridine rings is 1. The summed E-state index contributed by atoms with van der Waals surface area (Å²) in [7, 11) is 0. The normalized spacial score (nSPS) is 15.8. The lowest BCUT2D eigenvalue weighted by Crippen LogP contribution is -2.43. The van der Waals surface area contributed by atoms with Crippen molar-refractivity contribution in [2.45, 2.75) is 19.6 Å². The molecule has 3 rings (SSSR count). The van der Waals surface area contributed by atoms with E-state index >= 15 is 0 Å². The van der Waals surface area contributed by atoms with Crippen LogP contribution in [-0.4, -0.2) is 30.2 Å². The van der Waals surface area contributed by atoms with E-state index in [0.29, 0.717) is 30.5 Å². The van der Waals surface area contributed by atoms with Gasteiger partial charge < -0.3 is 19.5 Å². The highest BCUT2D eigenvalue weighted by Gasteiger charge is 2.27. The van der Waals surface area contributed by atoms with Gasteiger partial charge in [0.25, 0.3) is 5.91 Å². The van der Waals surface area contributed by atoms with E-state index in [-0.39, 0.29) is 12.5 Å². The lowest BCUT2D eigenvalue weighted by atomic mass is 10.2. The Morgan fingerprint density at radius 1 is 1.30 bits per heavy atom. The lowest BCUT2D eigenvalue weighted by Gasteiger charge is -2.25. The molecule has 1 aromatic heterocycles. The van der Waals surface area contributed by atoms with Crippen LogP contribution < -0.4 is 19.5 Å². The number of aromatic nitrogens is 1. The zero-order valence-electron chi connectivity index (χ0n) is 12.8. The number of carbonyl (C=O) groups excluding carboxylic acids is 1. The average molecular weight is 314 g/mol. The summed E-state index contributed by atoms with van der Waals surface area (Å²) in [4.78, 5) is 16.4. The van der Waals surface area contributed by atoms with Crippen molar-refractivity contribution in [1.29, 1.82) is 0 Å². The highest BCUT2D eigenvalue weighted by Crippen LogP contribution is 2.30. The van der Waals surface area contributed by atoms with Crippen molar-refractivity contribution in [2.24, 2.45) is 0 Å². The predicted molar refractivity (Wildman–Crippen MR) is 83.6 cm³/mol. The number of amides is 1. The Labute approximate surface area is 134 Å². The predicted octanol–water partition coefficient (Wildman–Crippen LogP) is 1.94. The van der Waals surface area contributed by atoms with Gasteiger partial charge in [-0.1, -0.05) is 18.2 Å². The Kier molecular flexibility index (Phi) is 4.61. The van der Waals surface area contributed by atoms with Crippen molar-refractivity contribution in [1.82, 2.24) is 10.3 Å². The maximum absolute atomic E-state index is 12.3. The summed E-state index contributed by atoms with van der Waals surface area (Å²) in [6, 6.07) is 11.0. The van der Waals surface area contributed by atoms with Crippen LogP contribution in [0.3, 0.4) is 0 Å². The van der Waals surface area contributed by atoms with Gasteiger partial charge in [-0.25, -0.2) is 4.98 Å². The van der Waals surface area contributed by atoms with Gasteiger partial charge in [0.05, 0.1) is 6.61 Å². The fourth-order valence-electron chi connectivity index (χ4n) is 2.27. The minimum absolute atomic E-state index is 0.189. The molecule has 1 aromatic carbocycles. The molecule has 0 aliphatic carbocycles. The minimum atomic E-state index is -0.669. The fraction of sp³-hybridized carbons (Fsp3) is 0.294. The van der Waals surface area contributed by atoms with Gasteiger partial charge in [0.1, 0.15) is 6.61 Å². The topological polar surface area (TPSA) is 69.7 Å². The zero-order valence-corrected chi connectivity index (χ0v) is 12.8. The average Bonchev–Trinajstić information content (AvgIpc) is 2.60. The maximum Gasteiger partial charge on any atom is 0.264 e. The number of fused-ring (bicyclic) bond motifs is 1. The SMILES string of the molecule is CCOc1ncccc1CNC(=O)[C@@H]1COc2ccccc2O1. The monoisotopic (exact) mass is 314 g/mol. The molecule has 1 aliphatic rings. The molecule has 0 bridgehead atoms. The van der Waals surface area contributed by atoms with E-state index < -0.39 is 6.10 Å². The van der Waals surface area contributed by atoms with Crippen LogP contribution in [-0.2, 0) is 11.3 Å². The second-order valence-corrected chi connectivity index (χ2v) is 4.98. The van der Waals surface area contributed by atoms with Crippen molar-refractivity contribution >= 4 is 5.91 Å². The molecule has 2 aromatic rings. The van der Waals surface area contributed by atoms with Crippen molar-refractivity contribution in [3.8, 4) is 17.4 Å². The first-order valence-corrected chi connectivity index (χ1v) is 7.51. The molecule has 0 radical (unpaired) electrons. The third-order valence-corrected chi connectivity index (χ3v) is 3.39. The summed E-state index contributed by atoms with van der Waals surface area (Å²) >= 11 is 0. The lowest BCUT2D eigenvalue weighted by molar-refractivity contribution is -0.130. The number of benzene rings is 1. The Balaban J connectivity index is 1.60. The summed E-state index contributed by atoms with van der Waals surface area (Å²) in [6.07, 6.45) is 0.989. The molecule has 6 nitrogen and oxygen atoms in total. The largest absolute Gasteiger partial charge is 0.485 e. The van der Waals surface area contributed by atoms with E-state index in [1.165, 1.54) is 0 Å². The molecule has 0 fully saturated rings. The second kappa shape index (κ2) is 7.00. The van der Waals surface area contributed by atoms with Crippen molar-refractivity contribution < 1.29 is 19.0 Å². The van der Waals surface area contributed by atoms with Crippen LogP contribution in [0.1, 0.15) is 12.5 Å². The van der Waals surface area contributed by atoms with Crippen molar-refractivity contribution in [2.75, 3.05) is 13.2 Å². The van der Waals surface area contributed by atoms with Crippen LogP contribution in [0, 0.1) is 0 Å². The second-order valence-electron chi connectivity index (χ2n) is 4.98. The number of hydrogen-bond donors (Lipinski definition) is 1. The summed E-state index contributed by atoms with van der Waals surface area (Å²) in [6.45, 7) is 2.92. The number of carbonyl (C=O) groups is 1. The third kappa shape index (κ3) is 3.53. The van der Waals surface area contributed by atoms with Gasteiger partial charge >= 0.3 is 0 Å². The van der Waals surface area contributed by atoms with Gasteiger partial charge in [-0.3, -0.25) is 4.79 Å². The van der Waals surface area contributed by atoms with Crippen LogP contribution in [0.2, 0.25) is 0 Å². The Morgan fingerprint density at radius 2 is 2.13 bits per heavy atom. The van der Waals surface area contributed by atoms with Crippen molar-refractivity contribution in [3.05, 3.63) is 48.2 Å². The van der Waals surface area contributed by atoms with Gasteiger partial charge in [0.2, 0.25) is 12.0 Å². The highest BCUT2D eigenvalue weighted by molar-refractivity contribution is 5.81. The summed E-state index contributed by atoms with van der Waals surface area (Å²) in [5.41, 5.74) is 0.819. The first-order chi connectivity index (χ1) is 11.3. The molecular formula is C17H18N2O4. The number of rotatable bonds is 5. The number of nitrogens with one attached hydrogen (secondary N) is 1. The molecule has 0 saturated carbocycles. The molecular weight excluding hydrogens is 296 g/mol. The Morgan fingerprint density at radius 3 is 2.96 bits per heavy atom. The molecule has 23 heavy (non-hydrogen) atoms. The van der Waals surface area contributed by atoms with E-state index in [2.05, 4.69) is 10.3 Å². The van der Waals surface area contributed by atoms with E-state index in [1.54, 1.807) is 18.3 Å². The first kappa shape index (κ1) is 15.1. The molecule has 0 spiro atoms. The summed E-state index contributed by atoms with van der Waals surface area (Å²) in [5, 5.41) is 2.83. The van der Waals surface area contributed by atoms with Crippen molar-refractivity contribution in [3.63, 3.8) is 0 Å². The molecule has 1 aliphatic heterocycles. The fourth-order valence-corrected chi connectivity index (χ4v) is 2.27. The third-order valence-electron chi connectivity index (χ3n) is 3.39. The van der Waals surface area contributed by atoms with Crippen LogP contribution in [0.25, 0.3) is 0 Å². The quantitative estimate of drug-likeness (QED) is 0.913. The van der Waals surface area contributed by atoms with Gasteiger partial charge in [0.15, 0.2) is 11.5 Å². The molecule has 120 valence electrons. The molecule has 1 N–H and O–H groups in total. The first-order valence-electron chi connectivity index (χ1n) is 7.51. The van der Waals surface area contributed by atoms with E-state index in [4.69, 9.17) is 14.2 Å². The molecule has 1 atom stereocenters. The smallest absolute Gasteiger partial charge is 0.264 e. The van der Waals surface area contributed by atoms with Gasteiger partial charge in [-0.05, 0) is 25.1 Å². The molecule has 0 unspecified atom stereocenters. The molecule has 2 heterocycles. The number of ether oxygens (including phenoxy) is 3. The summed E-state index contributed by atoms with van der Waals surface area (Å²) < 4.78 is 16.7. The number of para-hydroxylation sites is 2. The van der Waals surface area contributed by atoms with E-state index in [1.807, 2.05) is 31.2 Å². The number of nitrogens with zero attached hydrogens (tertiary/aromatic N) is 1. The minimum Gasteiger partial charge on any atom is -0.485 e. The zero-order chi connectivity index (χ0) is 16.1. The Bertz CT molecular complexity index is 690. The van der Waals surface area contributed by atoms with Gasteiger partial charge in [-0.2, -0.15) is 0 Å². The standard InChI is InChI=1S/C17H18N2O4/c1-2-21-17-12(6-5-9-18-17)10-19-16(20)15-11-22-13-7-3-4-8-14(13)23-15/h3-9,15H,2,10-11H2,1H3,(H,19,20)/t15-/m0/s1. The van der Waals surface area contributed by atoms with Gasteiger partial charge in [-0.15, -0.1) is 0 Å². The van der Waals surface area contributed by atoms with Crippen LogP contribution in [0.15, 0.2) is 42.6 Å². The summed E-state index contributed by atoms with van der Waals surface area (Å²) in [5.74, 6) is 1.53.